The fourth-order valence-corrected chi connectivity index (χ4v) is 2.61. The molecule has 1 atom stereocenters. The number of aryl methyl sites for hydroxylation is 1. The Balaban J connectivity index is 1.89. The van der Waals surface area contributed by atoms with Crippen LogP contribution in [0.2, 0.25) is 0 Å². The van der Waals surface area contributed by atoms with Crippen LogP contribution in [0, 0.1) is 6.92 Å². The van der Waals surface area contributed by atoms with E-state index in [1.807, 2.05) is 49.4 Å². The molecule has 2 aromatic carbocycles. The van der Waals surface area contributed by atoms with Crippen molar-refractivity contribution >= 4 is 5.91 Å². The minimum absolute atomic E-state index is 0.0421. The maximum Gasteiger partial charge on any atom is 0.251 e. The summed E-state index contributed by atoms with van der Waals surface area (Å²) in [5, 5.41) is 12.2. The van der Waals surface area contributed by atoms with E-state index in [0.717, 1.165) is 12.0 Å². The summed E-state index contributed by atoms with van der Waals surface area (Å²) in [5.74, 6) is 0.225. The summed E-state index contributed by atoms with van der Waals surface area (Å²) in [7, 11) is 0. The van der Waals surface area contributed by atoms with Gasteiger partial charge in [0.05, 0.1) is 0 Å². The Morgan fingerprint density at radius 2 is 1.86 bits per heavy atom. The molecule has 0 aliphatic carbocycles. The molecule has 3 nitrogen and oxygen atoms in total. The average Bonchev–Trinajstić information content (AvgIpc) is 2.55. The van der Waals surface area contributed by atoms with Gasteiger partial charge in [-0.3, -0.25) is 4.79 Å². The van der Waals surface area contributed by atoms with Crippen molar-refractivity contribution in [1.29, 1.82) is 0 Å². The Morgan fingerprint density at radius 1 is 1.09 bits per heavy atom. The van der Waals surface area contributed by atoms with Gasteiger partial charge in [0.15, 0.2) is 0 Å². The largest absolute Gasteiger partial charge is 0.396 e. The summed E-state index contributed by atoms with van der Waals surface area (Å²) in [6.45, 7) is 2.74. The Hall–Kier alpha value is -2.13. The molecule has 0 bridgehead atoms. The molecule has 0 radical (unpaired) electrons. The second-order valence-corrected chi connectivity index (χ2v) is 5.53. The number of aliphatic hydroxyl groups is 1. The van der Waals surface area contributed by atoms with Crippen LogP contribution in [0.3, 0.4) is 0 Å². The van der Waals surface area contributed by atoms with E-state index in [1.54, 1.807) is 0 Å². The molecule has 22 heavy (non-hydrogen) atoms. The van der Waals surface area contributed by atoms with Crippen LogP contribution in [0.4, 0.5) is 0 Å². The molecule has 2 rings (SSSR count). The van der Waals surface area contributed by atoms with E-state index in [9.17, 15) is 9.90 Å². The van der Waals surface area contributed by atoms with Crippen molar-refractivity contribution in [3.8, 4) is 0 Å². The van der Waals surface area contributed by atoms with E-state index < -0.39 is 0 Å². The number of aliphatic hydroxyl groups excluding tert-OH is 1. The third kappa shape index (κ3) is 4.71. The maximum absolute atomic E-state index is 12.1. The molecule has 116 valence electrons. The predicted molar refractivity (Wildman–Crippen MR) is 89.0 cm³/mol. The van der Waals surface area contributed by atoms with Crippen molar-refractivity contribution in [3.63, 3.8) is 0 Å². The molecular formula is C19H23NO2. The Kier molecular flexibility index (Phi) is 6.16. The lowest BCUT2D eigenvalue weighted by atomic mass is 9.93. The molecule has 0 aliphatic rings. The Bertz CT molecular complexity index is 595. The fraction of sp³-hybridized carbons (Fsp3) is 0.316. The zero-order chi connectivity index (χ0) is 15.8. The number of hydrogen-bond donors (Lipinski definition) is 2. The SMILES string of the molecule is Cc1cccc(C(=O)NCC[C@H](CCO)c2ccccc2)c1. The molecule has 2 aromatic rings. The first kappa shape index (κ1) is 16.2. The first-order valence-corrected chi connectivity index (χ1v) is 7.71. The van der Waals surface area contributed by atoms with E-state index in [4.69, 9.17) is 0 Å². The standard InChI is InChI=1S/C19H23NO2/c1-15-6-5-9-18(14-15)19(22)20-12-10-17(11-13-21)16-7-3-2-4-8-16/h2-9,14,17,21H,10-13H2,1H3,(H,20,22)/t17-/m1/s1. The van der Waals surface area contributed by atoms with Crippen LogP contribution in [-0.4, -0.2) is 24.2 Å². The van der Waals surface area contributed by atoms with E-state index in [0.29, 0.717) is 18.5 Å². The quantitative estimate of drug-likeness (QED) is 0.824. The van der Waals surface area contributed by atoms with Gasteiger partial charge in [0.1, 0.15) is 0 Å². The summed E-state index contributed by atoms with van der Waals surface area (Å²) in [5.41, 5.74) is 2.98. The van der Waals surface area contributed by atoms with Crippen LogP contribution in [0.5, 0.6) is 0 Å². The number of benzene rings is 2. The van der Waals surface area contributed by atoms with Crippen LogP contribution in [0.15, 0.2) is 54.6 Å². The van der Waals surface area contributed by atoms with Crippen LogP contribution in [0.1, 0.15) is 40.2 Å². The topological polar surface area (TPSA) is 49.3 Å². The molecule has 0 spiro atoms. The molecule has 0 saturated heterocycles. The normalized spacial score (nSPS) is 11.9. The number of carbonyl (C=O) groups is 1. The predicted octanol–water partition coefficient (Wildman–Crippen LogP) is 3.28. The lowest BCUT2D eigenvalue weighted by Gasteiger charge is -2.16. The van der Waals surface area contributed by atoms with Crippen molar-refractivity contribution in [2.45, 2.75) is 25.7 Å². The molecule has 3 heteroatoms. The summed E-state index contributed by atoms with van der Waals surface area (Å²) < 4.78 is 0. The average molecular weight is 297 g/mol. The lowest BCUT2D eigenvalue weighted by Crippen LogP contribution is -2.25. The molecule has 0 fully saturated rings. The molecule has 1 amide bonds. The number of rotatable bonds is 7. The van der Waals surface area contributed by atoms with Crippen molar-refractivity contribution in [1.82, 2.24) is 5.32 Å². The van der Waals surface area contributed by atoms with E-state index in [2.05, 4.69) is 17.4 Å². The summed E-state index contributed by atoms with van der Waals surface area (Å²) in [6, 6.07) is 17.7. The van der Waals surface area contributed by atoms with Gasteiger partial charge in [-0.15, -0.1) is 0 Å². The molecule has 0 saturated carbocycles. The van der Waals surface area contributed by atoms with Crippen molar-refractivity contribution < 1.29 is 9.90 Å². The van der Waals surface area contributed by atoms with Gasteiger partial charge >= 0.3 is 0 Å². The number of hydrogen-bond acceptors (Lipinski definition) is 2. The first-order valence-electron chi connectivity index (χ1n) is 7.71. The molecule has 0 heterocycles. The monoisotopic (exact) mass is 297 g/mol. The highest BCUT2D eigenvalue weighted by atomic mass is 16.3. The summed E-state index contributed by atoms with van der Waals surface area (Å²) in [6.07, 6.45) is 1.53. The second kappa shape index (κ2) is 8.35. The highest BCUT2D eigenvalue weighted by Gasteiger charge is 2.12. The van der Waals surface area contributed by atoms with Crippen LogP contribution >= 0.6 is 0 Å². The van der Waals surface area contributed by atoms with Crippen LogP contribution < -0.4 is 5.32 Å². The van der Waals surface area contributed by atoms with Crippen molar-refractivity contribution in [3.05, 3.63) is 71.3 Å². The van der Waals surface area contributed by atoms with Gasteiger partial charge in [-0.05, 0) is 43.4 Å². The molecule has 0 aromatic heterocycles. The summed E-state index contributed by atoms with van der Waals surface area (Å²) >= 11 is 0. The van der Waals surface area contributed by atoms with Crippen molar-refractivity contribution in [2.24, 2.45) is 0 Å². The van der Waals surface area contributed by atoms with Gasteiger partial charge in [0, 0.05) is 18.7 Å². The van der Waals surface area contributed by atoms with E-state index in [-0.39, 0.29) is 18.4 Å². The molecular weight excluding hydrogens is 274 g/mol. The number of amides is 1. The third-order valence-corrected chi connectivity index (χ3v) is 3.81. The molecule has 0 unspecified atom stereocenters. The third-order valence-electron chi connectivity index (χ3n) is 3.81. The van der Waals surface area contributed by atoms with Crippen molar-refractivity contribution in [2.75, 3.05) is 13.2 Å². The van der Waals surface area contributed by atoms with Gasteiger partial charge in [0.25, 0.3) is 5.91 Å². The zero-order valence-electron chi connectivity index (χ0n) is 13.0. The maximum atomic E-state index is 12.1. The van der Waals surface area contributed by atoms with Gasteiger partial charge in [-0.25, -0.2) is 0 Å². The Labute approximate surface area is 132 Å². The van der Waals surface area contributed by atoms with E-state index >= 15 is 0 Å². The summed E-state index contributed by atoms with van der Waals surface area (Å²) in [4.78, 5) is 12.1. The lowest BCUT2D eigenvalue weighted by molar-refractivity contribution is 0.0952. The van der Waals surface area contributed by atoms with Crippen LogP contribution in [-0.2, 0) is 0 Å². The molecule has 0 aliphatic heterocycles. The zero-order valence-corrected chi connectivity index (χ0v) is 13.0. The van der Waals surface area contributed by atoms with Gasteiger partial charge in [-0.2, -0.15) is 0 Å². The molecule has 2 N–H and O–H groups in total. The second-order valence-electron chi connectivity index (χ2n) is 5.53. The first-order chi connectivity index (χ1) is 10.7. The highest BCUT2D eigenvalue weighted by Crippen LogP contribution is 2.22. The van der Waals surface area contributed by atoms with Gasteiger partial charge < -0.3 is 10.4 Å². The minimum Gasteiger partial charge on any atom is -0.396 e. The Morgan fingerprint density at radius 3 is 2.55 bits per heavy atom. The minimum atomic E-state index is -0.0421. The fourth-order valence-electron chi connectivity index (χ4n) is 2.61. The van der Waals surface area contributed by atoms with Crippen LogP contribution in [0.25, 0.3) is 0 Å². The number of carbonyl (C=O) groups excluding carboxylic acids is 1. The van der Waals surface area contributed by atoms with Gasteiger partial charge in [0.2, 0.25) is 0 Å². The number of nitrogens with one attached hydrogen (secondary N) is 1. The van der Waals surface area contributed by atoms with Gasteiger partial charge in [-0.1, -0.05) is 48.0 Å². The smallest absolute Gasteiger partial charge is 0.251 e. The van der Waals surface area contributed by atoms with E-state index in [1.165, 1.54) is 5.56 Å². The highest BCUT2D eigenvalue weighted by molar-refractivity contribution is 5.94.